The number of aromatic nitrogens is 1. The third-order valence-corrected chi connectivity index (χ3v) is 3.74. The lowest BCUT2D eigenvalue weighted by Gasteiger charge is -2.02. The molecule has 0 aliphatic rings. The maximum atomic E-state index is 5.89. The van der Waals surface area contributed by atoms with Crippen molar-refractivity contribution in [3.63, 3.8) is 0 Å². The van der Waals surface area contributed by atoms with Crippen LogP contribution in [0.5, 0.6) is 0 Å². The van der Waals surface area contributed by atoms with E-state index in [9.17, 15) is 0 Å². The SMILES string of the molecule is Nc1ccccc1SCc1cc(-c2ccco2)on1. The normalized spacial score (nSPS) is 10.7. The van der Waals surface area contributed by atoms with Crippen LogP contribution in [0.3, 0.4) is 0 Å². The van der Waals surface area contributed by atoms with Crippen LogP contribution in [-0.2, 0) is 5.75 Å². The Labute approximate surface area is 114 Å². The summed E-state index contributed by atoms with van der Waals surface area (Å²) in [6.45, 7) is 0. The first-order chi connectivity index (χ1) is 9.33. The number of thioether (sulfide) groups is 1. The molecule has 2 aromatic heterocycles. The zero-order valence-electron chi connectivity index (χ0n) is 10.1. The van der Waals surface area contributed by atoms with E-state index in [4.69, 9.17) is 14.7 Å². The summed E-state index contributed by atoms with van der Waals surface area (Å²) in [5.41, 5.74) is 7.53. The van der Waals surface area contributed by atoms with Gasteiger partial charge in [0.15, 0.2) is 5.76 Å². The van der Waals surface area contributed by atoms with Gasteiger partial charge >= 0.3 is 0 Å². The summed E-state index contributed by atoms with van der Waals surface area (Å²) in [6, 6.07) is 13.3. The molecular formula is C14H12N2O2S. The number of para-hydroxylation sites is 1. The monoisotopic (exact) mass is 272 g/mol. The van der Waals surface area contributed by atoms with Gasteiger partial charge in [0.1, 0.15) is 0 Å². The van der Waals surface area contributed by atoms with Gasteiger partial charge in [-0.3, -0.25) is 0 Å². The maximum Gasteiger partial charge on any atom is 0.202 e. The summed E-state index contributed by atoms with van der Waals surface area (Å²) in [7, 11) is 0. The highest BCUT2D eigenvalue weighted by Gasteiger charge is 2.09. The molecule has 0 saturated heterocycles. The van der Waals surface area contributed by atoms with Gasteiger partial charge < -0.3 is 14.7 Å². The number of nitrogen functional groups attached to an aromatic ring is 1. The fraction of sp³-hybridized carbons (Fsp3) is 0.0714. The molecule has 0 aliphatic heterocycles. The van der Waals surface area contributed by atoms with Gasteiger partial charge in [0, 0.05) is 22.4 Å². The molecule has 96 valence electrons. The molecule has 0 amide bonds. The third kappa shape index (κ3) is 2.66. The second-order valence-corrected chi connectivity index (χ2v) is 5.00. The molecule has 3 aromatic rings. The molecule has 0 bridgehead atoms. The van der Waals surface area contributed by atoms with Gasteiger partial charge in [-0.05, 0) is 24.3 Å². The summed E-state index contributed by atoms with van der Waals surface area (Å²) in [6.07, 6.45) is 1.61. The molecule has 0 radical (unpaired) electrons. The Kier molecular flexibility index (Phi) is 3.29. The topological polar surface area (TPSA) is 65.2 Å². The Hall–Kier alpha value is -2.14. The van der Waals surface area contributed by atoms with Crippen LogP contribution < -0.4 is 5.73 Å². The summed E-state index contributed by atoms with van der Waals surface area (Å²) >= 11 is 1.63. The molecule has 0 atom stereocenters. The van der Waals surface area contributed by atoms with Crippen molar-refractivity contribution < 1.29 is 8.94 Å². The summed E-state index contributed by atoms with van der Waals surface area (Å²) in [5, 5.41) is 4.02. The minimum absolute atomic E-state index is 0.640. The van der Waals surface area contributed by atoms with Crippen molar-refractivity contribution >= 4 is 17.4 Å². The van der Waals surface area contributed by atoms with Crippen molar-refractivity contribution in [3.8, 4) is 11.5 Å². The van der Waals surface area contributed by atoms with Crippen LogP contribution in [0, 0.1) is 0 Å². The molecule has 0 spiro atoms. The van der Waals surface area contributed by atoms with Gasteiger partial charge in [0.25, 0.3) is 0 Å². The van der Waals surface area contributed by atoms with Crippen LogP contribution >= 0.6 is 11.8 Å². The molecular weight excluding hydrogens is 260 g/mol. The van der Waals surface area contributed by atoms with Gasteiger partial charge in [-0.15, -0.1) is 11.8 Å². The van der Waals surface area contributed by atoms with Gasteiger partial charge in [0.2, 0.25) is 5.76 Å². The second-order valence-electron chi connectivity index (χ2n) is 3.99. The molecule has 0 saturated carbocycles. The van der Waals surface area contributed by atoms with E-state index in [0.717, 1.165) is 16.3 Å². The molecule has 4 nitrogen and oxygen atoms in total. The summed E-state index contributed by atoms with van der Waals surface area (Å²) < 4.78 is 10.5. The number of benzene rings is 1. The van der Waals surface area contributed by atoms with Crippen molar-refractivity contribution in [2.45, 2.75) is 10.6 Å². The Bertz CT molecular complexity index is 662. The van der Waals surface area contributed by atoms with E-state index in [1.54, 1.807) is 18.0 Å². The van der Waals surface area contributed by atoms with E-state index in [1.807, 2.05) is 42.5 Å². The van der Waals surface area contributed by atoms with Crippen LogP contribution in [0.1, 0.15) is 5.69 Å². The average Bonchev–Trinajstić information content (AvgIpc) is 3.09. The van der Waals surface area contributed by atoms with Crippen molar-refractivity contribution in [2.75, 3.05) is 5.73 Å². The molecule has 2 N–H and O–H groups in total. The lowest BCUT2D eigenvalue weighted by atomic mass is 10.3. The molecule has 19 heavy (non-hydrogen) atoms. The number of furan rings is 1. The van der Waals surface area contributed by atoms with Gasteiger partial charge in [0.05, 0.1) is 12.0 Å². The third-order valence-electron chi connectivity index (χ3n) is 2.62. The first-order valence-electron chi connectivity index (χ1n) is 5.80. The standard InChI is InChI=1S/C14H12N2O2S/c15-11-4-1-2-6-14(11)19-9-10-8-13(18-16-10)12-5-3-7-17-12/h1-8H,9,15H2. The van der Waals surface area contributed by atoms with Crippen LogP contribution in [0.2, 0.25) is 0 Å². The van der Waals surface area contributed by atoms with E-state index >= 15 is 0 Å². The number of nitrogens with two attached hydrogens (primary N) is 1. The smallest absolute Gasteiger partial charge is 0.202 e. The Morgan fingerprint density at radius 2 is 2.00 bits per heavy atom. The van der Waals surface area contributed by atoms with Gasteiger partial charge in [-0.2, -0.15) is 0 Å². The van der Waals surface area contributed by atoms with Gasteiger partial charge in [-0.1, -0.05) is 17.3 Å². The predicted molar refractivity (Wildman–Crippen MR) is 74.6 cm³/mol. The summed E-state index contributed by atoms with van der Waals surface area (Å²) in [4.78, 5) is 1.05. The molecule has 2 heterocycles. The molecule has 3 rings (SSSR count). The van der Waals surface area contributed by atoms with E-state index < -0.39 is 0 Å². The lowest BCUT2D eigenvalue weighted by Crippen LogP contribution is -1.88. The Morgan fingerprint density at radius 1 is 1.11 bits per heavy atom. The number of nitrogens with zero attached hydrogens (tertiary/aromatic N) is 1. The molecule has 0 aliphatic carbocycles. The largest absolute Gasteiger partial charge is 0.461 e. The highest BCUT2D eigenvalue weighted by Crippen LogP contribution is 2.29. The predicted octanol–water partition coefficient (Wildman–Crippen LogP) is 3.81. The molecule has 5 heteroatoms. The van der Waals surface area contributed by atoms with Crippen molar-refractivity contribution in [1.82, 2.24) is 5.16 Å². The first kappa shape index (κ1) is 11.9. The van der Waals surface area contributed by atoms with E-state index in [2.05, 4.69) is 5.16 Å². The van der Waals surface area contributed by atoms with Crippen LogP contribution in [0.25, 0.3) is 11.5 Å². The average molecular weight is 272 g/mol. The van der Waals surface area contributed by atoms with Gasteiger partial charge in [-0.25, -0.2) is 0 Å². The zero-order chi connectivity index (χ0) is 13.1. The number of hydrogen-bond acceptors (Lipinski definition) is 5. The highest BCUT2D eigenvalue weighted by molar-refractivity contribution is 7.98. The van der Waals surface area contributed by atoms with Crippen molar-refractivity contribution in [2.24, 2.45) is 0 Å². The number of hydrogen-bond donors (Lipinski definition) is 1. The van der Waals surface area contributed by atoms with E-state index in [1.165, 1.54) is 0 Å². The number of anilines is 1. The highest BCUT2D eigenvalue weighted by atomic mass is 32.2. The van der Waals surface area contributed by atoms with Crippen LogP contribution in [0.15, 0.2) is 62.6 Å². The number of rotatable bonds is 4. The van der Waals surface area contributed by atoms with E-state index in [-0.39, 0.29) is 0 Å². The maximum absolute atomic E-state index is 5.89. The fourth-order valence-corrected chi connectivity index (χ4v) is 2.53. The minimum Gasteiger partial charge on any atom is -0.461 e. The fourth-order valence-electron chi connectivity index (χ4n) is 1.68. The minimum atomic E-state index is 0.640. The quantitative estimate of drug-likeness (QED) is 0.578. The van der Waals surface area contributed by atoms with Crippen LogP contribution in [0.4, 0.5) is 5.69 Å². The molecule has 0 unspecified atom stereocenters. The molecule has 1 aromatic carbocycles. The lowest BCUT2D eigenvalue weighted by molar-refractivity contribution is 0.413. The van der Waals surface area contributed by atoms with Crippen molar-refractivity contribution in [1.29, 1.82) is 0 Å². The molecule has 0 fully saturated rings. The summed E-state index contributed by atoms with van der Waals surface area (Å²) in [5.74, 6) is 2.03. The van der Waals surface area contributed by atoms with Crippen molar-refractivity contribution in [3.05, 3.63) is 54.4 Å². The van der Waals surface area contributed by atoms with E-state index in [0.29, 0.717) is 17.3 Å². The second kappa shape index (κ2) is 5.24. The Morgan fingerprint density at radius 3 is 2.79 bits per heavy atom. The zero-order valence-corrected chi connectivity index (χ0v) is 10.9. The first-order valence-corrected chi connectivity index (χ1v) is 6.78. The Balaban J connectivity index is 1.70. The van der Waals surface area contributed by atoms with Crippen LogP contribution in [-0.4, -0.2) is 5.16 Å².